The average molecular weight is 769 g/mol. The summed E-state index contributed by atoms with van der Waals surface area (Å²) in [6.07, 6.45) is 0.430. The summed E-state index contributed by atoms with van der Waals surface area (Å²) < 4.78 is 23.2. The number of allylic oxidation sites excluding steroid dienone is 1. The van der Waals surface area contributed by atoms with Gasteiger partial charge in [0.05, 0.1) is 45.2 Å². The zero-order valence-electron chi connectivity index (χ0n) is 24.5. The van der Waals surface area contributed by atoms with Gasteiger partial charge in [0.1, 0.15) is 19.0 Å². The molecule has 0 unspecified atom stereocenters. The van der Waals surface area contributed by atoms with Crippen LogP contribution in [0.1, 0.15) is 36.6 Å². The second-order valence-electron chi connectivity index (χ2n) is 9.64. The molecule has 4 rings (SSSR count). The van der Waals surface area contributed by atoms with Crippen LogP contribution in [0.2, 0.25) is 10.0 Å². The van der Waals surface area contributed by atoms with Gasteiger partial charge in [0.2, 0.25) is 0 Å². The van der Waals surface area contributed by atoms with Gasteiger partial charge in [-0.15, -0.1) is 0 Å². The number of halogens is 3. The van der Waals surface area contributed by atoms with Crippen molar-refractivity contribution >= 4 is 64.0 Å². The van der Waals surface area contributed by atoms with Crippen LogP contribution in [0, 0.1) is 3.57 Å². The number of aliphatic hydroxyl groups excluding tert-OH is 1. The number of nitrogens with zero attached hydrogens (tertiary/aromatic N) is 1. The molecule has 11 nitrogen and oxygen atoms in total. The molecule has 2 atom stereocenters. The summed E-state index contributed by atoms with van der Waals surface area (Å²) in [7, 11) is 1.27. The number of amides is 2. The van der Waals surface area contributed by atoms with Crippen molar-refractivity contribution in [1.29, 1.82) is 0 Å². The van der Waals surface area contributed by atoms with Gasteiger partial charge in [0.15, 0.2) is 17.7 Å². The fraction of sp³-hybridized carbons (Fsp3) is 0.258. The van der Waals surface area contributed by atoms with Crippen LogP contribution < -0.4 is 30.3 Å². The number of carbonyl (C=O) groups excluding carboxylic acids is 2. The van der Waals surface area contributed by atoms with Gasteiger partial charge in [-0.25, -0.2) is 9.59 Å². The Morgan fingerprint density at radius 3 is 2.56 bits per heavy atom. The SMILES string of the molecule is CCOc1cc([C@@H]2NC(=O)NC(C)=C2C(=O)OC)ccc1OC[C@@H](O)N/N=C\c1ccc(OCc2ccc(Cl)c(Cl)c2)c(I)c1. The van der Waals surface area contributed by atoms with E-state index in [4.69, 9.17) is 42.1 Å². The highest BCUT2D eigenvalue weighted by Crippen LogP contribution is 2.35. The van der Waals surface area contributed by atoms with Crippen LogP contribution in [0.25, 0.3) is 0 Å². The highest BCUT2D eigenvalue weighted by molar-refractivity contribution is 14.1. The molecule has 45 heavy (non-hydrogen) atoms. The van der Waals surface area contributed by atoms with E-state index in [9.17, 15) is 14.7 Å². The van der Waals surface area contributed by atoms with Crippen molar-refractivity contribution in [2.75, 3.05) is 20.3 Å². The lowest BCUT2D eigenvalue weighted by Gasteiger charge is -2.28. The first-order valence-electron chi connectivity index (χ1n) is 13.7. The zero-order chi connectivity index (χ0) is 32.5. The molecule has 0 aliphatic carbocycles. The highest BCUT2D eigenvalue weighted by atomic mass is 127. The Hall–Kier alpha value is -3.72. The summed E-state index contributed by atoms with van der Waals surface area (Å²) in [6.45, 7) is 3.96. The van der Waals surface area contributed by atoms with E-state index in [2.05, 4.69) is 43.8 Å². The van der Waals surface area contributed by atoms with Crippen molar-refractivity contribution in [3.8, 4) is 17.2 Å². The normalized spacial score (nSPS) is 15.3. The fourth-order valence-corrected chi connectivity index (χ4v) is 5.34. The number of hydrogen-bond donors (Lipinski definition) is 4. The molecule has 4 N–H and O–H groups in total. The molecule has 14 heteroatoms. The van der Waals surface area contributed by atoms with Crippen molar-refractivity contribution in [2.24, 2.45) is 5.10 Å². The number of ether oxygens (including phenoxy) is 4. The molecule has 1 heterocycles. The molecule has 2 amide bonds. The number of carbonyl (C=O) groups is 2. The van der Waals surface area contributed by atoms with Gasteiger partial charge in [0, 0.05) is 5.70 Å². The first-order chi connectivity index (χ1) is 21.6. The van der Waals surface area contributed by atoms with E-state index in [0.717, 1.165) is 14.7 Å². The van der Waals surface area contributed by atoms with Gasteiger partial charge in [-0.05, 0) is 95.6 Å². The van der Waals surface area contributed by atoms with Gasteiger partial charge in [-0.3, -0.25) is 5.43 Å². The molecular weight excluding hydrogens is 738 g/mol. The van der Waals surface area contributed by atoms with Crippen molar-refractivity contribution in [1.82, 2.24) is 16.1 Å². The maximum absolute atomic E-state index is 12.4. The summed E-state index contributed by atoms with van der Waals surface area (Å²) in [5, 5.41) is 20.8. The van der Waals surface area contributed by atoms with E-state index in [1.165, 1.54) is 7.11 Å². The quantitative estimate of drug-likeness (QED) is 0.0572. The summed E-state index contributed by atoms with van der Waals surface area (Å²) in [4.78, 5) is 24.6. The highest BCUT2D eigenvalue weighted by Gasteiger charge is 2.32. The topological polar surface area (TPSA) is 140 Å². The van der Waals surface area contributed by atoms with E-state index in [1.54, 1.807) is 43.5 Å². The minimum atomic E-state index is -1.14. The Kier molecular flexibility index (Phi) is 12.2. The molecule has 0 saturated carbocycles. The van der Waals surface area contributed by atoms with E-state index < -0.39 is 24.3 Å². The smallest absolute Gasteiger partial charge is 0.337 e. The maximum atomic E-state index is 12.4. The van der Waals surface area contributed by atoms with Crippen molar-refractivity contribution < 1.29 is 33.6 Å². The second-order valence-corrected chi connectivity index (χ2v) is 11.6. The van der Waals surface area contributed by atoms with E-state index in [1.807, 2.05) is 31.2 Å². The Labute approximate surface area is 284 Å². The molecular formula is C31H31Cl2IN4O7. The third-order valence-electron chi connectivity index (χ3n) is 6.44. The van der Waals surface area contributed by atoms with Crippen LogP contribution in [0.4, 0.5) is 4.79 Å². The molecule has 0 radical (unpaired) electrons. The van der Waals surface area contributed by atoms with Gasteiger partial charge >= 0.3 is 12.0 Å². The largest absolute Gasteiger partial charge is 0.490 e. The second kappa shape index (κ2) is 16.0. The van der Waals surface area contributed by atoms with E-state index in [0.29, 0.717) is 51.8 Å². The number of aliphatic hydroxyl groups is 1. The van der Waals surface area contributed by atoms with Crippen molar-refractivity contribution in [3.05, 3.63) is 96.2 Å². The molecule has 0 bridgehead atoms. The summed E-state index contributed by atoms with van der Waals surface area (Å²) in [5.74, 6) is 0.858. The van der Waals surface area contributed by atoms with Crippen molar-refractivity contribution in [2.45, 2.75) is 32.7 Å². The predicted octanol–water partition coefficient (Wildman–Crippen LogP) is 5.70. The van der Waals surface area contributed by atoms with E-state index in [-0.39, 0.29) is 12.2 Å². The lowest BCUT2D eigenvalue weighted by molar-refractivity contribution is -0.136. The number of hydrogen-bond acceptors (Lipinski definition) is 9. The Morgan fingerprint density at radius 2 is 1.84 bits per heavy atom. The third-order valence-corrected chi connectivity index (χ3v) is 8.03. The lowest BCUT2D eigenvalue weighted by Crippen LogP contribution is -2.45. The number of nitrogens with one attached hydrogen (secondary N) is 3. The van der Waals surface area contributed by atoms with Crippen LogP contribution in [0.5, 0.6) is 17.2 Å². The molecule has 1 aliphatic rings. The van der Waals surface area contributed by atoms with Crippen LogP contribution in [-0.2, 0) is 16.1 Å². The number of benzene rings is 3. The van der Waals surface area contributed by atoms with E-state index >= 15 is 0 Å². The van der Waals surface area contributed by atoms with Crippen LogP contribution >= 0.6 is 45.8 Å². The number of methoxy groups -OCH3 is 1. The molecule has 0 saturated heterocycles. The van der Waals surface area contributed by atoms with Gasteiger partial charge in [0.25, 0.3) is 0 Å². The predicted molar refractivity (Wildman–Crippen MR) is 179 cm³/mol. The first kappa shape index (κ1) is 34.2. The number of hydrazone groups is 1. The molecule has 0 aromatic heterocycles. The Bertz CT molecular complexity index is 1620. The number of urea groups is 1. The van der Waals surface area contributed by atoms with Crippen LogP contribution in [0.3, 0.4) is 0 Å². The van der Waals surface area contributed by atoms with Gasteiger partial charge in [-0.2, -0.15) is 5.10 Å². The maximum Gasteiger partial charge on any atom is 0.337 e. The number of rotatable bonds is 13. The minimum absolute atomic E-state index is 0.147. The van der Waals surface area contributed by atoms with Crippen LogP contribution in [0.15, 0.2) is 71.0 Å². The lowest BCUT2D eigenvalue weighted by atomic mass is 9.95. The monoisotopic (exact) mass is 768 g/mol. The average Bonchev–Trinajstić information content (AvgIpc) is 3.01. The first-order valence-corrected chi connectivity index (χ1v) is 15.5. The number of esters is 1. The van der Waals surface area contributed by atoms with Gasteiger partial charge < -0.3 is 34.7 Å². The molecule has 3 aromatic carbocycles. The van der Waals surface area contributed by atoms with Gasteiger partial charge in [-0.1, -0.05) is 35.3 Å². The molecule has 3 aromatic rings. The van der Waals surface area contributed by atoms with Crippen LogP contribution in [-0.4, -0.2) is 49.9 Å². The molecule has 1 aliphatic heterocycles. The molecule has 0 spiro atoms. The summed E-state index contributed by atoms with van der Waals surface area (Å²) >= 11 is 14.2. The Balaban J connectivity index is 1.34. The standard InChI is InChI=1S/C31H31Cl2IN4O7/c1-4-43-26-13-20(29-28(30(40)42-3)17(2)36-31(41)37-29)7-10-25(26)45-16-27(39)38-35-14-18-6-9-24(23(34)12-18)44-15-19-5-8-21(32)22(33)11-19/h5-14,27,29,38-39H,4,15-16H2,1-3H3,(H2,36,37,41)/b35-14-/t27-,29+/m1/s1. The van der Waals surface area contributed by atoms with Crippen molar-refractivity contribution in [3.63, 3.8) is 0 Å². The molecule has 0 fully saturated rings. The third kappa shape index (κ3) is 9.16. The zero-order valence-corrected chi connectivity index (χ0v) is 28.2. The summed E-state index contributed by atoms with van der Waals surface area (Å²) in [5.41, 5.74) is 5.56. The fourth-order valence-electron chi connectivity index (χ4n) is 4.32. The Morgan fingerprint density at radius 1 is 1.07 bits per heavy atom. The molecule has 238 valence electrons. The summed E-state index contributed by atoms with van der Waals surface area (Å²) in [6, 6.07) is 14.7. The minimum Gasteiger partial charge on any atom is -0.490 e.